The van der Waals surface area contributed by atoms with E-state index < -0.39 is 68.4 Å². The number of hydrogen-bond acceptors (Lipinski definition) is 16. The lowest BCUT2D eigenvalue weighted by molar-refractivity contribution is 0.0595. The molecule has 0 spiro atoms. The fourth-order valence-electron chi connectivity index (χ4n) is 12.0. The van der Waals surface area contributed by atoms with E-state index in [1.165, 1.54) is 62.5 Å². The molecule has 6 aromatic rings. The van der Waals surface area contributed by atoms with Gasteiger partial charge in [-0.15, -0.1) is 0 Å². The third kappa shape index (κ3) is 22.9. The van der Waals surface area contributed by atoms with Crippen LogP contribution in [0.25, 0.3) is 0 Å². The lowest BCUT2D eigenvalue weighted by Gasteiger charge is -2.27. The van der Waals surface area contributed by atoms with Crippen molar-refractivity contribution < 1.29 is 71.8 Å². The van der Waals surface area contributed by atoms with Crippen LogP contribution < -0.4 is 12.9 Å². The molecule has 25 heteroatoms. The zero-order chi connectivity index (χ0) is 73.6. The number of methoxy groups -OCH3 is 1. The van der Waals surface area contributed by atoms with Gasteiger partial charge in [-0.1, -0.05) is 98.7 Å². The topological polar surface area (TPSA) is 258 Å². The minimum Gasteiger partial charge on any atom is -0.465 e. The van der Waals surface area contributed by atoms with Crippen molar-refractivity contribution in [3.63, 3.8) is 0 Å². The van der Waals surface area contributed by atoms with Gasteiger partial charge in [-0.3, -0.25) is 25.5 Å². The van der Waals surface area contributed by atoms with Crippen LogP contribution in [0.3, 0.4) is 0 Å². The third-order valence-corrected chi connectivity index (χ3v) is 28.3. The molecular formula is C76H105N3O16S6. The minimum absolute atomic E-state index is 0.0183. The van der Waals surface area contributed by atoms with Crippen LogP contribution in [-0.2, 0) is 114 Å². The zero-order valence-corrected chi connectivity index (χ0v) is 65.2. The van der Waals surface area contributed by atoms with Gasteiger partial charge >= 0.3 is 5.97 Å². The van der Waals surface area contributed by atoms with Gasteiger partial charge in [0.15, 0.2) is 0 Å². The van der Waals surface area contributed by atoms with E-state index in [-0.39, 0.29) is 63.7 Å². The zero-order valence-electron chi connectivity index (χ0n) is 60.3. The fraction of sp³-hybridized carbons (Fsp3) is 0.513. The lowest BCUT2D eigenvalue weighted by atomic mass is 10.0. The summed E-state index contributed by atoms with van der Waals surface area (Å²) in [5.74, 6) is 1.82. The van der Waals surface area contributed by atoms with Gasteiger partial charge in [-0.2, -0.15) is 0 Å². The number of hydrogen-bond donors (Lipinski definition) is 2. The first-order valence-electron chi connectivity index (χ1n) is 35.1. The van der Waals surface area contributed by atoms with E-state index in [0.29, 0.717) is 125 Å². The number of carbonyl (C=O) groups excluding carboxylic acids is 1. The molecule has 3 unspecified atom stereocenters. The van der Waals surface area contributed by atoms with E-state index in [1.54, 1.807) is 24.3 Å². The third-order valence-electron chi connectivity index (χ3n) is 17.9. The van der Waals surface area contributed by atoms with Crippen molar-refractivity contribution in [2.24, 2.45) is 35.5 Å². The Hall–Kier alpha value is -5.71. The summed E-state index contributed by atoms with van der Waals surface area (Å²) in [6, 6.07) is 36.0. The molecule has 3 aliphatic heterocycles. The Kier molecular flexibility index (Phi) is 32.2. The molecule has 0 bridgehead atoms. The Morgan fingerprint density at radius 1 is 0.436 bits per heavy atom. The predicted molar refractivity (Wildman–Crippen MR) is 403 cm³/mol. The number of aliphatic hydroxyl groups excluding tert-OH is 2. The van der Waals surface area contributed by atoms with Crippen molar-refractivity contribution in [2.45, 2.75) is 163 Å². The molecule has 3 aliphatic rings. The first-order chi connectivity index (χ1) is 48.2. The van der Waals surface area contributed by atoms with Gasteiger partial charge < -0.3 is 29.2 Å². The van der Waals surface area contributed by atoms with Crippen LogP contribution in [0.5, 0.6) is 0 Å². The second kappa shape index (κ2) is 39.4. The molecule has 3 atom stereocenters. The molecule has 0 saturated carbocycles. The molecule has 3 fully saturated rings. The maximum atomic E-state index is 13.8. The summed E-state index contributed by atoms with van der Waals surface area (Å²) < 4.78 is 147. The van der Waals surface area contributed by atoms with Gasteiger partial charge in [0.2, 0.25) is 0 Å². The Bertz CT molecular complexity index is 3890. The number of carbonyl (C=O) groups is 1. The minimum atomic E-state index is -3.99. The number of sulfonamides is 3. The van der Waals surface area contributed by atoms with Crippen LogP contribution in [0.15, 0.2) is 157 Å². The highest BCUT2D eigenvalue weighted by atomic mass is 32.2. The van der Waals surface area contributed by atoms with Gasteiger partial charge in [0, 0.05) is 86.3 Å². The molecule has 6 aromatic carbocycles. The first kappa shape index (κ1) is 82.6. The van der Waals surface area contributed by atoms with Crippen molar-refractivity contribution >= 4 is 85.5 Å². The summed E-state index contributed by atoms with van der Waals surface area (Å²) in [4.78, 5) is 14.1. The summed E-state index contributed by atoms with van der Waals surface area (Å²) in [6.45, 7) is 22.1. The second-order valence-corrected chi connectivity index (χ2v) is 37.0. The van der Waals surface area contributed by atoms with Crippen LogP contribution in [0.4, 0.5) is 17.1 Å². The van der Waals surface area contributed by atoms with Gasteiger partial charge in [0.1, 0.15) is 0 Å². The lowest BCUT2D eigenvalue weighted by Crippen LogP contribution is -2.34. The Morgan fingerprint density at radius 3 is 0.960 bits per heavy atom. The quantitative estimate of drug-likeness (QED) is 0.0397. The monoisotopic (exact) mass is 1510 g/mol. The van der Waals surface area contributed by atoms with Crippen LogP contribution in [-0.4, -0.2) is 138 Å². The van der Waals surface area contributed by atoms with Crippen molar-refractivity contribution in [2.75, 3.05) is 96.6 Å². The van der Waals surface area contributed by atoms with Crippen LogP contribution in [0.1, 0.15) is 139 Å². The van der Waals surface area contributed by atoms with Crippen LogP contribution >= 0.6 is 0 Å². The molecular weight excluding hydrogens is 1400 g/mol. The number of aryl methyl sites for hydroxylation is 3. The van der Waals surface area contributed by atoms with E-state index in [1.807, 2.05) is 109 Å². The summed E-state index contributed by atoms with van der Waals surface area (Å²) in [5.41, 5.74) is 5.98. The standard InChI is InChI=1S/C26H35NO6S2.2C25H35NO5S2/c1-5-20-6-8-22(9-7-20)27(17-19(2)3)35(30,31)23-10-11-25(24(16-23)26(28)32-4)34(29)18-21-12-14-33-15-13-21;2*1-4-20-5-7-23(8-6-20)26(16-19(2)3)33(29,30)24-9-10-25(22(15-24)17-27)32(28)18-21-11-13-31-14-12-21/h6-11,16,19,21H,5,12-15,17-18H2,1-4H3;2*5-10,15,19,21,27H,4,11-14,16-18H2,1-3H3. The highest BCUT2D eigenvalue weighted by Crippen LogP contribution is 2.34. The highest BCUT2D eigenvalue weighted by Gasteiger charge is 2.33. The molecule has 0 radical (unpaired) electrons. The van der Waals surface area contributed by atoms with Crippen LogP contribution in [0.2, 0.25) is 0 Å². The predicted octanol–water partition coefficient (Wildman–Crippen LogP) is 12.7. The van der Waals surface area contributed by atoms with E-state index in [0.717, 1.165) is 74.5 Å². The Morgan fingerprint density at radius 2 is 0.703 bits per heavy atom. The summed E-state index contributed by atoms with van der Waals surface area (Å²) >= 11 is 0. The van der Waals surface area contributed by atoms with E-state index in [4.69, 9.17) is 18.9 Å². The highest BCUT2D eigenvalue weighted by molar-refractivity contribution is 7.93. The summed E-state index contributed by atoms with van der Waals surface area (Å²) in [6.07, 6.45) is 7.71. The van der Waals surface area contributed by atoms with E-state index in [2.05, 4.69) is 13.8 Å². The largest absolute Gasteiger partial charge is 0.465 e. The Balaban J connectivity index is 0.000000213. The second-order valence-electron chi connectivity index (χ2n) is 27.1. The number of rotatable bonds is 30. The maximum absolute atomic E-state index is 13.8. The Labute approximate surface area is 608 Å². The molecule has 2 N–H and O–H groups in total. The molecule has 3 saturated heterocycles. The van der Waals surface area contributed by atoms with Gasteiger partial charge in [-0.25, -0.2) is 30.0 Å². The number of benzene rings is 6. The number of esters is 1. The fourth-order valence-corrected chi connectivity index (χ4v) is 21.7. The molecule has 0 aliphatic carbocycles. The van der Waals surface area contributed by atoms with Gasteiger partial charge in [0.05, 0.1) is 94.9 Å². The smallest absolute Gasteiger partial charge is 0.339 e. The van der Waals surface area contributed by atoms with Gasteiger partial charge in [0.25, 0.3) is 30.1 Å². The molecule has 556 valence electrons. The van der Waals surface area contributed by atoms with E-state index >= 15 is 0 Å². The number of nitrogens with zero attached hydrogens (tertiary/aromatic N) is 3. The van der Waals surface area contributed by atoms with Crippen molar-refractivity contribution in [3.8, 4) is 0 Å². The molecule has 101 heavy (non-hydrogen) atoms. The summed E-state index contributed by atoms with van der Waals surface area (Å²) in [5, 5.41) is 19.9. The average Bonchev–Trinajstić information content (AvgIpc) is 0.794. The summed E-state index contributed by atoms with van der Waals surface area (Å²) in [7, 11) is -14.6. The number of ether oxygens (including phenoxy) is 4. The molecule has 0 aromatic heterocycles. The van der Waals surface area contributed by atoms with Crippen LogP contribution in [0, 0.1) is 35.5 Å². The SMILES string of the molecule is CCc1ccc(N(CC(C)C)S(=O)(=O)c2ccc(S(=O)CC3CCOCC3)c(C(=O)OC)c2)cc1.CCc1ccc(N(CC(C)C)S(=O)(=O)c2ccc(S(=O)CC3CCOCC3)c(CO)c2)cc1.CCc1ccc(N(CC(C)C)S(=O)(=O)c2ccc(S(=O)CC3CCOCC3)c(CO)c2)cc1. The normalized spacial score (nSPS) is 16.0. The van der Waals surface area contributed by atoms with Crippen molar-refractivity contribution in [3.05, 3.63) is 161 Å². The average molecular weight is 1510 g/mol. The molecule has 19 nitrogen and oxygen atoms in total. The van der Waals surface area contributed by atoms with Gasteiger partial charge in [-0.05, 0) is 212 Å². The van der Waals surface area contributed by atoms with Crippen molar-refractivity contribution in [1.82, 2.24) is 0 Å². The van der Waals surface area contributed by atoms with E-state index in [9.17, 15) is 52.9 Å². The number of anilines is 3. The maximum Gasteiger partial charge on any atom is 0.339 e. The number of aliphatic hydroxyl groups is 2. The molecule has 9 rings (SSSR count). The molecule has 0 amide bonds. The first-order valence-corrected chi connectivity index (χ1v) is 43.4. The van der Waals surface area contributed by atoms with Crippen molar-refractivity contribution in [1.29, 1.82) is 0 Å². The molecule has 3 heterocycles.